The molecular formula is C27H31F4N5O4. The number of alkyl halides is 4. The van der Waals surface area contributed by atoms with E-state index >= 15 is 4.39 Å². The molecule has 1 atom stereocenters. The quantitative estimate of drug-likeness (QED) is 0.338. The standard InChI is InChI=1S/C27H31F4N5O4/c1-18-23(33-25(37)32-14-20-13-19(15-38-3)9-10-22(20)40-27(29,30)31)36(21-7-5-4-6-8-21)34-24(18)39-17-26(28)11-12-35(2)16-26/h4-10,13H,11-12,14-17H2,1-3H3,(H2,32,33,37). The van der Waals surface area contributed by atoms with Gasteiger partial charge in [0.05, 0.1) is 17.9 Å². The van der Waals surface area contributed by atoms with E-state index in [-0.39, 0.29) is 43.6 Å². The molecule has 1 fully saturated rings. The number of carbonyl (C=O) groups is 1. The highest BCUT2D eigenvalue weighted by molar-refractivity contribution is 5.89. The van der Waals surface area contributed by atoms with Crippen molar-refractivity contribution in [3.8, 4) is 17.3 Å². The van der Waals surface area contributed by atoms with Crippen molar-refractivity contribution in [2.75, 3.05) is 39.2 Å². The highest BCUT2D eigenvalue weighted by Crippen LogP contribution is 2.32. The van der Waals surface area contributed by atoms with Gasteiger partial charge in [0.1, 0.15) is 18.2 Å². The number of amides is 2. The predicted molar refractivity (Wildman–Crippen MR) is 139 cm³/mol. The number of nitrogens with zero attached hydrogens (tertiary/aromatic N) is 3. The molecule has 216 valence electrons. The lowest BCUT2D eigenvalue weighted by Crippen LogP contribution is -2.34. The van der Waals surface area contributed by atoms with Crippen molar-refractivity contribution >= 4 is 11.8 Å². The Bertz CT molecular complexity index is 1320. The van der Waals surface area contributed by atoms with Gasteiger partial charge in [-0.2, -0.15) is 0 Å². The third kappa shape index (κ3) is 7.42. The lowest BCUT2D eigenvalue weighted by atomic mass is 10.1. The number of ether oxygens (including phenoxy) is 3. The third-order valence-electron chi connectivity index (χ3n) is 6.37. The van der Waals surface area contributed by atoms with Crippen LogP contribution in [0.2, 0.25) is 0 Å². The van der Waals surface area contributed by atoms with E-state index < -0.39 is 23.8 Å². The molecule has 3 aromatic rings. The van der Waals surface area contributed by atoms with Crippen molar-refractivity contribution in [3.05, 3.63) is 65.2 Å². The Labute approximate surface area is 229 Å². The Morgan fingerprint density at radius 3 is 2.58 bits per heavy atom. The van der Waals surface area contributed by atoms with Crippen LogP contribution in [0, 0.1) is 6.92 Å². The summed E-state index contributed by atoms with van der Waals surface area (Å²) >= 11 is 0. The van der Waals surface area contributed by atoms with Crippen LogP contribution in [0.25, 0.3) is 5.69 Å². The maximum atomic E-state index is 15.1. The molecule has 0 bridgehead atoms. The minimum Gasteiger partial charge on any atom is -0.473 e. The van der Waals surface area contributed by atoms with Gasteiger partial charge in [-0.15, -0.1) is 18.3 Å². The summed E-state index contributed by atoms with van der Waals surface area (Å²) in [5.74, 6) is -0.0273. The van der Waals surface area contributed by atoms with Crippen molar-refractivity contribution < 1.29 is 36.6 Å². The summed E-state index contributed by atoms with van der Waals surface area (Å²) in [5, 5.41) is 9.72. The summed E-state index contributed by atoms with van der Waals surface area (Å²) < 4.78 is 70.3. The van der Waals surface area contributed by atoms with Gasteiger partial charge in [0.2, 0.25) is 5.88 Å². The van der Waals surface area contributed by atoms with Crippen LogP contribution < -0.4 is 20.1 Å². The number of hydrogen-bond acceptors (Lipinski definition) is 6. The zero-order valence-corrected chi connectivity index (χ0v) is 22.3. The van der Waals surface area contributed by atoms with E-state index in [1.807, 2.05) is 18.0 Å². The maximum Gasteiger partial charge on any atom is 0.573 e. The molecule has 0 saturated carbocycles. The zero-order valence-electron chi connectivity index (χ0n) is 22.3. The number of hydrogen-bond donors (Lipinski definition) is 2. The molecule has 1 saturated heterocycles. The van der Waals surface area contributed by atoms with Crippen molar-refractivity contribution in [1.82, 2.24) is 20.0 Å². The first-order valence-corrected chi connectivity index (χ1v) is 12.5. The number of anilines is 1. The minimum absolute atomic E-state index is 0.106. The summed E-state index contributed by atoms with van der Waals surface area (Å²) in [5.41, 5.74) is 0.259. The molecule has 4 rings (SSSR count). The second-order valence-electron chi connectivity index (χ2n) is 9.68. The molecule has 40 heavy (non-hydrogen) atoms. The summed E-state index contributed by atoms with van der Waals surface area (Å²) in [6.45, 7) is 2.23. The molecule has 2 heterocycles. The van der Waals surface area contributed by atoms with E-state index in [1.54, 1.807) is 31.2 Å². The number of rotatable bonds is 10. The van der Waals surface area contributed by atoms with Gasteiger partial charge in [0.25, 0.3) is 0 Å². The normalized spacial score (nSPS) is 17.6. The van der Waals surface area contributed by atoms with E-state index in [1.165, 1.54) is 30.0 Å². The molecule has 1 aromatic heterocycles. The molecule has 9 nitrogen and oxygen atoms in total. The Balaban J connectivity index is 1.53. The van der Waals surface area contributed by atoms with Crippen LogP contribution in [0.1, 0.15) is 23.1 Å². The van der Waals surface area contributed by atoms with Crippen molar-refractivity contribution in [3.63, 3.8) is 0 Å². The fourth-order valence-corrected chi connectivity index (χ4v) is 4.44. The summed E-state index contributed by atoms with van der Waals surface area (Å²) in [6, 6.07) is 12.3. The summed E-state index contributed by atoms with van der Waals surface area (Å²) in [7, 11) is 3.30. The SMILES string of the molecule is COCc1ccc(OC(F)(F)F)c(CNC(=O)Nc2c(C)c(OCC3(F)CCN(C)C3)nn2-c2ccccc2)c1. The molecule has 1 aliphatic heterocycles. The molecule has 1 unspecified atom stereocenters. The number of para-hydroxylation sites is 1. The number of methoxy groups -OCH3 is 1. The van der Waals surface area contributed by atoms with Crippen LogP contribution in [0.5, 0.6) is 11.6 Å². The summed E-state index contributed by atoms with van der Waals surface area (Å²) in [6.07, 6.45) is -4.57. The van der Waals surface area contributed by atoms with Crippen LogP contribution >= 0.6 is 0 Å². The van der Waals surface area contributed by atoms with Crippen molar-refractivity contribution in [2.45, 2.75) is 38.5 Å². The van der Waals surface area contributed by atoms with E-state index in [9.17, 15) is 18.0 Å². The predicted octanol–water partition coefficient (Wildman–Crippen LogP) is 4.97. The van der Waals surface area contributed by atoms with Crippen LogP contribution in [0.4, 0.5) is 28.2 Å². The van der Waals surface area contributed by atoms with Crippen molar-refractivity contribution in [2.24, 2.45) is 0 Å². The molecular weight excluding hydrogens is 534 g/mol. The second kappa shape index (κ2) is 12.1. The number of likely N-dealkylation sites (tertiary alicyclic amines) is 1. The van der Waals surface area contributed by atoms with Crippen LogP contribution in [-0.2, 0) is 17.9 Å². The average molecular weight is 566 g/mol. The third-order valence-corrected chi connectivity index (χ3v) is 6.37. The molecule has 1 aliphatic rings. The number of benzene rings is 2. The van der Waals surface area contributed by atoms with Crippen LogP contribution in [0.15, 0.2) is 48.5 Å². The van der Waals surface area contributed by atoms with Crippen LogP contribution in [-0.4, -0.2) is 66.6 Å². The topological polar surface area (TPSA) is 89.9 Å². The number of urea groups is 1. The van der Waals surface area contributed by atoms with E-state index in [2.05, 4.69) is 20.5 Å². The molecule has 0 radical (unpaired) electrons. The van der Waals surface area contributed by atoms with E-state index in [0.717, 1.165) is 0 Å². The van der Waals surface area contributed by atoms with Gasteiger partial charge < -0.3 is 24.4 Å². The molecule has 2 N–H and O–H groups in total. The largest absolute Gasteiger partial charge is 0.573 e. The van der Waals surface area contributed by atoms with Gasteiger partial charge in [0.15, 0.2) is 5.67 Å². The Morgan fingerprint density at radius 2 is 1.93 bits per heavy atom. The number of nitrogens with one attached hydrogen (secondary N) is 2. The van der Waals surface area contributed by atoms with E-state index in [0.29, 0.717) is 29.8 Å². The molecule has 0 aliphatic carbocycles. The molecule has 2 aromatic carbocycles. The molecule has 13 heteroatoms. The van der Waals surface area contributed by atoms with Gasteiger partial charge in [-0.1, -0.05) is 24.3 Å². The number of aromatic nitrogens is 2. The summed E-state index contributed by atoms with van der Waals surface area (Å²) in [4.78, 5) is 14.8. The Kier molecular flexibility index (Phi) is 8.84. The minimum atomic E-state index is -4.90. The zero-order chi connectivity index (χ0) is 28.9. The number of carbonyl (C=O) groups excluding carboxylic acids is 1. The highest BCUT2D eigenvalue weighted by atomic mass is 19.4. The first-order valence-electron chi connectivity index (χ1n) is 12.5. The Hall–Kier alpha value is -3.84. The van der Waals surface area contributed by atoms with Crippen molar-refractivity contribution in [1.29, 1.82) is 0 Å². The number of halogens is 4. The Morgan fingerprint density at radius 1 is 1.18 bits per heavy atom. The smallest absolute Gasteiger partial charge is 0.473 e. The van der Waals surface area contributed by atoms with Gasteiger partial charge in [-0.05, 0) is 50.2 Å². The van der Waals surface area contributed by atoms with E-state index in [4.69, 9.17) is 9.47 Å². The lowest BCUT2D eigenvalue weighted by Gasteiger charge is -2.19. The fourth-order valence-electron chi connectivity index (χ4n) is 4.44. The van der Waals surface area contributed by atoms with Gasteiger partial charge in [0, 0.05) is 32.3 Å². The average Bonchev–Trinajstić information content (AvgIpc) is 3.41. The first-order chi connectivity index (χ1) is 19.0. The first kappa shape index (κ1) is 29.2. The fraction of sp³-hybridized carbons (Fsp3) is 0.407. The highest BCUT2D eigenvalue weighted by Gasteiger charge is 2.38. The monoisotopic (exact) mass is 565 g/mol. The second-order valence-corrected chi connectivity index (χ2v) is 9.68. The molecule has 2 amide bonds. The maximum absolute atomic E-state index is 15.1. The van der Waals surface area contributed by atoms with Gasteiger partial charge in [-0.3, -0.25) is 5.32 Å². The molecule has 0 spiro atoms. The lowest BCUT2D eigenvalue weighted by molar-refractivity contribution is -0.274. The van der Waals surface area contributed by atoms with Crippen LogP contribution in [0.3, 0.4) is 0 Å². The van der Waals surface area contributed by atoms with Gasteiger partial charge >= 0.3 is 12.4 Å². The van der Waals surface area contributed by atoms with Gasteiger partial charge in [-0.25, -0.2) is 13.9 Å².